The fourth-order valence-electron chi connectivity index (χ4n) is 1.38. The van der Waals surface area contributed by atoms with Crippen LogP contribution in [0.1, 0.15) is 19.8 Å². The first kappa shape index (κ1) is 8.96. The molecule has 1 unspecified atom stereocenters. The zero-order valence-corrected chi connectivity index (χ0v) is 7.84. The minimum absolute atomic E-state index is 0.455. The second kappa shape index (κ2) is 4.04. The largest absolute Gasteiger partial charge is 0.305 e. The molecule has 0 aromatic heterocycles. The second-order valence-electron chi connectivity index (χ2n) is 3.21. The minimum Gasteiger partial charge on any atom is -0.305 e. The molecular weight excluding hydrogens is 154 g/mol. The van der Waals surface area contributed by atoms with Crippen molar-refractivity contribution in [2.75, 3.05) is 18.8 Å². The topological polar surface area (TPSA) is 12.0 Å². The predicted molar refractivity (Wildman–Crippen MR) is 51.8 cm³/mol. The van der Waals surface area contributed by atoms with Crippen LogP contribution in [0.3, 0.4) is 0 Å². The van der Waals surface area contributed by atoms with Gasteiger partial charge in [0, 0.05) is 11.3 Å². The lowest BCUT2D eigenvalue weighted by molar-refractivity contribution is 0.558. The Balaban J connectivity index is 2.19. The van der Waals surface area contributed by atoms with Crippen molar-refractivity contribution >= 4 is 11.8 Å². The van der Waals surface area contributed by atoms with Crippen LogP contribution < -0.4 is 5.32 Å². The van der Waals surface area contributed by atoms with Gasteiger partial charge in [0.2, 0.25) is 0 Å². The van der Waals surface area contributed by atoms with Gasteiger partial charge in [0.1, 0.15) is 0 Å². The Morgan fingerprint density at radius 3 is 3.09 bits per heavy atom. The molecule has 1 aliphatic rings. The number of nitrogens with one attached hydrogen (secondary N) is 1. The van der Waals surface area contributed by atoms with E-state index in [-0.39, 0.29) is 0 Å². The lowest BCUT2D eigenvalue weighted by Crippen LogP contribution is -2.32. The molecule has 1 nitrogen and oxygen atoms in total. The Hall–Kier alpha value is -0.130. The van der Waals surface area contributed by atoms with Gasteiger partial charge in [0.25, 0.3) is 0 Å². The molecule has 0 saturated carbocycles. The van der Waals surface area contributed by atoms with Crippen LogP contribution in [0.15, 0.2) is 0 Å². The quantitative estimate of drug-likeness (QED) is 0.507. The van der Waals surface area contributed by atoms with Gasteiger partial charge in [-0.3, -0.25) is 0 Å². The van der Waals surface area contributed by atoms with E-state index in [9.17, 15) is 0 Å². The summed E-state index contributed by atoms with van der Waals surface area (Å²) in [6.45, 7) is 4.08. The lowest BCUT2D eigenvalue weighted by atomic mass is 10.1. The fraction of sp³-hybridized carbons (Fsp3) is 0.778. The van der Waals surface area contributed by atoms with Crippen molar-refractivity contribution in [2.45, 2.75) is 24.5 Å². The van der Waals surface area contributed by atoms with E-state index in [4.69, 9.17) is 6.42 Å². The van der Waals surface area contributed by atoms with E-state index < -0.39 is 0 Å². The van der Waals surface area contributed by atoms with Gasteiger partial charge in [-0.05, 0) is 25.5 Å². The first-order valence-corrected chi connectivity index (χ1v) is 5.03. The number of hydrogen-bond donors (Lipinski definition) is 1. The SMILES string of the molecule is C#CCNCC1(C)CCCS1. The summed E-state index contributed by atoms with van der Waals surface area (Å²) in [5.74, 6) is 3.90. The van der Waals surface area contributed by atoms with Crippen LogP contribution in [0, 0.1) is 12.3 Å². The van der Waals surface area contributed by atoms with Crippen LogP contribution >= 0.6 is 11.8 Å². The summed E-state index contributed by atoms with van der Waals surface area (Å²) in [4.78, 5) is 0. The molecule has 0 amide bonds. The molecular formula is C9H15NS. The van der Waals surface area contributed by atoms with Crippen LogP contribution in [-0.2, 0) is 0 Å². The smallest absolute Gasteiger partial charge is 0.0574 e. The Bertz CT molecular complexity index is 153. The van der Waals surface area contributed by atoms with Gasteiger partial charge in [-0.2, -0.15) is 11.8 Å². The summed E-state index contributed by atoms with van der Waals surface area (Å²) in [6, 6.07) is 0. The van der Waals surface area contributed by atoms with Gasteiger partial charge < -0.3 is 5.32 Å². The molecule has 0 spiro atoms. The van der Waals surface area contributed by atoms with Gasteiger partial charge >= 0.3 is 0 Å². The third-order valence-corrected chi connectivity index (χ3v) is 3.56. The fourth-order valence-corrected chi connectivity index (χ4v) is 2.65. The summed E-state index contributed by atoms with van der Waals surface area (Å²) in [6.07, 6.45) is 7.83. The molecule has 1 fully saturated rings. The van der Waals surface area contributed by atoms with Gasteiger partial charge in [-0.25, -0.2) is 0 Å². The first-order chi connectivity index (χ1) is 5.27. The van der Waals surface area contributed by atoms with E-state index in [1.54, 1.807) is 0 Å². The van der Waals surface area contributed by atoms with Crippen LogP contribution in [0.25, 0.3) is 0 Å². The third-order valence-electron chi connectivity index (χ3n) is 2.03. The minimum atomic E-state index is 0.455. The highest BCUT2D eigenvalue weighted by molar-refractivity contribution is 8.00. The van der Waals surface area contributed by atoms with Gasteiger partial charge in [-0.15, -0.1) is 6.42 Å². The average Bonchev–Trinajstić information content (AvgIpc) is 2.38. The summed E-state index contributed by atoms with van der Waals surface area (Å²) >= 11 is 2.06. The molecule has 0 aromatic rings. The molecule has 2 heteroatoms. The zero-order chi connectivity index (χ0) is 8.16. The molecule has 1 rings (SSSR count). The highest BCUT2D eigenvalue weighted by Gasteiger charge is 2.28. The molecule has 11 heavy (non-hydrogen) atoms. The van der Waals surface area contributed by atoms with Crippen molar-refractivity contribution in [1.82, 2.24) is 5.32 Å². The Kier molecular flexibility index (Phi) is 3.29. The Labute approximate surface area is 73.3 Å². The molecule has 0 aromatic carbocycles. The van der Waals surface area contributed by atoms with Crippen LogP contribution in [0.4, 0.5) is 0 Å². The van der Waals surface area contributed by atoms with Crippen molar-refractivity contribution in [1.29, 1.82) is 0 Å². The molecule has 0 bridgehead atoms. The summed E-state index contributed by atoms with van der Waals surface area (Å²) < 4.78 is 0.455. The molecule has 1 N–H and O–H groups in total. The van der Waals surface area contributed by atoms with Gasteiger partial charge in [0.05, 0.1) is 6.54 Å². The molecule has 1 atom stereocenters. The third kappa shape index (κ3) is 2.76. The molecule has 0 aliphatic carbocycles. The maximum absolute atomic E-state index is 5.14. The number of terminal acetylenes is 1. The molecule has 62 valence electrons. The maximum atomic E-state index is 5.14. The molecule has 1 saturated heterocycles. The molecule has 1 aliphatic heterocycles. The number of hydrogen-bond acceptors (Lipinski definition) is 2. The zero-order valence-electron chi connectivity index (χ0n) is 7.02. The van der Waals surface area contributed by atoms with E-state index in [0.717, 1.165) is 6.54 Å². The second-order valence-corrected chi connectivity index (χ2v) is 4.89. The Morgan fingerprint density at radius 2 is 2.55 bits per heavy atom. The van der Waals surface area contributed by atoms with Crippen molar-refractivity contribution < 1.29 is 0 Å². The van der Waals surface area contributed by atoms with Crippen LogP contribution in [0.5, 0.6) is 0 Å². The standard InChI is InChI=1S/C9H15NS/c1-3-6-10-8-9(2)5-4-7-11-9/h1,10H,4-8H2,2H3. The van der Waals surface area contributed by atoms with Gasteiger partial charge in [0.15, 0.2) is 0 Å². The predicted octanol–water partition coefficient (Wildman–Crippen LogP) is 1.49. The van der Waals surface area contributed by atoms with E-state index in [2.05, 4.69) is 29.9 Å². The van der Waals surface area contributed by atoms with Crippen LogP contribution in [0.2, 0.25) is 0 Å². The molecule has 0 radical (unpaired) electrons. The highest BCUT2D eigenvalue weighted by Crippen LogP contribution is 2.36. The summed E-state index contributed by atoms with van der Waals surface area (Å²) in [5, 5.41) is 3.26. The lowest BCUT2D eigenvalue weighted by Gasteiger charge is -2.22. The maximum Gasteiger partial charge on any atom is 0.0574 e. The van der Waals surface area contributed by atoms with Crippen molar-refractivity contribution in [3.63, 3.8) is 0 Å². The van der Waals surface area contributed by atoms with E-state index in [1.165, 1.54) is 18.6 Å². The normalized spacial score (nSPS) is 30.2. The van der Waals surface area contributed by atoms with Crippen molar-refractivity contribution in [3.05, 3.63) is 0 Å². The summed E-state index contributed by atoms with van der Waals surface area (Å²) in [7, 11) is 0. The van der Waals surface area contributed by atoms with E-state index in [1.807, 2.05) is 0 Å². The first-order valence-electron chi connectivity index (χ1n) is 4.05. The Morgan fingerprint density at radius 1 is 1.73 bits per heavy atom. The highest BCUT2D eigenvalue weighted by atomic mass is 32.2. The summed E-state index contributed by atoms with van der Waals surface area (Å²) in [5.41, 5.74) is 0. The van der Waals surface area contributed by atoms with Crippen LogP contribution in [-0.4, -0.2) is 23.6 Å². The van der Waals surface area contributed by atoms with E-state index >= 15 is 0 Å². The monoisotopic (exact) mass is 169 g/mol. The molecule has 1 heterocycles. The number of rotatable bonds is 3. The van der Waals surface area contributed by atoms with Crippen molar-refractivity contribution in [3.8, 4) is 12.3 Å². The van der Waals surface area contributed by atoms with Crippen molar-refractivity contribution in [2.24, 2.45) is 0 Å². The average molecular weight is 169 g/mol. The number of thioether (sulfide) groups is 1. The van der Waals surface area contributed by atoms with E-state index in [0.29, 0.717) is 11.3 Å². The van der Waals surface area contributed by atoms with Gasteiger partial charge in [-0.1, -0.05) is 5.92 Å².